The highest BCUT2D eigenvalue weighted by atomic mass is 16.6. The molecule has 21 heavy (non-hydrogen) atoms. The Morgan fingerprint density at radius 2 is 1.86 bits per heavy atom. The molecule has 108 valence electrons. The van der Waals surface area contributed by atoms with Crippen LogP contribution in [-0.4, -0.2) is 16.0 Å². The normalized spacial score (nSPS) is 10.2. The Hall–Kier alpha value is -2.89. The van der Waals surface area contributed by atoms with Crippen molar-refractivity contribution in [3.8, 4) is 0 Å². The minimum atomic E-state index is -0.989. The van der Waals surface area contributed by atoms with Gasteiger partial charge in [0.2, 0.25) is 0 Å². The number of rotatable bonds is 4. The van der Waals surface area contributed by atoms with Crippen LogP contribution in [0.2, 0.25) is 0 Å². The van der Waals surface area contributed by atoms with Crippen molar-refractivity contribution in [2.75, 3.05) is 5.32 Å². The van der Waals surface area contributed by atoms with E-state index in [4.69, 9.17) is 5.11 Å². The van der Waals surface area contributed by atoms with Crippen molar-refractivity contribution in [3.05, 3.63) is 63.2 Å². The van der Waals surface area contributed by atoms with Crippen LogP contribution >= 0.6 is 0 Å². The maximum atomic E-state index is 11.1. The summed E-state index contributed by atoms with van der Waals surface area (Å²) in [6, 6.07) is 9.50. The number of carbonyl (C=O) groups is 1. The van der Waals surface area contributed by atoms with Crippen molar-refractivity contribution in [2.45, 2.75) is 13.8 Å². The van der Waals surface area contributed by atoms with Gasteiger partial charge in [-0.1, -0.05) is 6.07 Å². The highest BCUT2D eigenvalue weighted by Gasteiger charge is 2.10. The minimum absolute atomic E-state index is 0.0215. The summed E-state index contributed by atoms with van der Waals surface area (Å²) in [5.74, 6) is -0.989. The molecule has 0 saturated heterocycles. The fourth-order valence-electron chi connectivity index (χ4n) is 1.99. The highest BCUT2D eigenvalue weighted by molar-refractivity contribution is 5.90. The number of nitrogens with zero attached hydrogens (tertiary/aromatic N) is 1. The van der Waals surface area contributed by atoms with Gasteiger partial charge in [-0.2, -0.15) is 0 Å². The SMILES string of the molecule is Cc1cc([N+](=O)[O-])ccc1Nc1ccc(C)c(C(=O)O)c1. The molecule has 6 nitrogen and oxygen atoms in total. The number of nitro groups is 1. The van der Waals surface area contributed by atoms with Gasteiger partial charge in [0, 0.05) is 23.5 Å². The van der Waals surface area contributed by atoms with E-state index < -0.39 is 10.9 Å². The Balaban J connectivity index is 2.32. The molecule has 0 radical (unpaired) electrons. The predicted molar refractivity (Wildman–Crippen MR) is 79.3 cm³/mol. The molecular formula is C15H14N2O4. The molecule has 0 aliphatic heterocycles. The lowest BCUT2D eigenvalue weighted by molar-refractivity contribution is -0.384. The zero-order valence-electron chi connectivity index (χ0n) is 11.6. The third-order valence-electron chi connectivity index (χ3n) is 3.17. The summed E-state index contributed by atoms with van der Waals surface area (Å²) in [7, 11) is 0. The van der Waals surface area contributed by atoms with Gasteiger partial charge >= 0.3 is 5.97 Å². The maximum Gasteiger partial charge on any atom is 0.336 e. The number of non-ortho nitro benzene ring substituents is 1. The molecule has 2 aromatic rings. The first-order valence-electron chi connectivity index (χ1n) is 6.24. The minimum Gasteiger partial charge on any atom is -0.478 e. The van der Waals surface area contributed by atoms with Crippen molar-refractivity contribution < 1.29 is 14.8 Å². The zero-order chi connectivity index (χ0) is 15.6. The molecule has 0 unspecified atom stereocenters. The average molecular weight is 286 g/mol. The molecule has 0 spiro atoms. The molecular weight excluding hydrogens is 272 g/mol. The van der Waals surface area contributed by atoms with Crippen LogP contribution in [-0.2, 0) is 0 Å². The van der Waals surface area contributed by atoms with Gasteiger partial charge in [0.25, 0.3) is 5.69 Å². The first kappa shape index (κ1) is 14.5. The van der Waals surface area contributed by atoms with Crippen LogP contribution in [0.3, 0.4) is 0 Å². The number of carboxylic acid groups (broad SMARTS) is 1. The van der Waals surface area contributed by atoms with E-state index >= 15 is 0 Å². The quantitative estimate of drug-likeness (QED) is 0.661. The van der Waals surface area contributed by atoms with Crippen LogP contribution < -0.4 is 5.32 Å². The lowest BCUT2D eigenvalue weighted by atomic mass is 10.1. The van der Waals surface area contributed by atoms with Crippen molar-refractivity contribution >= 4 is 23.0 Å². The summed E-state index contributed by atoms with van der Waals surface area (Å²) < 4.78 is 0. The zero-order valence-corrected chi connectivity index (χ0v) is 11.6. The number of benzene rings is 2. The van der Waals surface area contributed by atoms with Crippen molar-refractivity contribution in [1.82, 2.24) is 0 Å². The Morgan fingerprint density at radius 3 is 2.43 bits per heavy atom. The molecule has 2 N–H and O–H groups in total. The fraction of sp³-hybridized carbons (Fsp3) is 0.133. The monoisotopic (exact) mass is 286 g/mol. The van der Waals surface area contributed by atoms with Gasteiger partial charge in [0.1, 0.15) is 0 Å². The number of hydrogen-bond donors (Lipinski definition) is 2. The smallest absolute Gasteiger partial charge is 0.336 e. The van der Waals surface area contributed by atoms with Crippen LogP contribution in [0.1, 0.15) is 21.5 Å². The van der Waals surface area contributed by atoms with Gasteiger partial charge in [-0.25, -0.2) is 4.79 Å². The number of carboxylic acids is 1. The van der Waals surface area contributed by atoms with Crippen LogP contribution in [0, 0.1) is 24.0 Å². The fourth-order valence-corrected chi connectivity index (χ4v) is 1.99. The molecule has 0 fully saturated rings. The summed E-state index contributed by atoms with van der Waals surface area (Å²) >= 11 is 0. The van der Waals surface area contributed by atoms with Crippen LogP contribution in [0.25, 0.3) is 0 Å². The molecule has 2 rings (SSSR count). The highest BCUT2D eigenvalue weighted by Crippen LogP contribution is 2.25. The number of hydrogen-bond acceptors (Lipinski definition) is 4. The average Bonchev–Trinajstić information content (AvgIpc) is 2.42. The Bertz CT molecular complexity index is 726. The van der Waals surface area contributed by atoms with Crippen molar-refractivity contribution in [2.24, 2.45) is 0 Å². The van der Waals surface area contributed by atoms with Crippen LogP contribution in [0.15, 0.2) is 36.4 Å². The number of nitrogens with one attached hydrogen (secondary N) is 1. The largest absolute Gasteiger partial charge is 0.478 e. The molecule has 0 amide bonds. The molecule has 0 atom stereocenters. The van der Waals surface area contributed by atoms with E-state index in [9.17, 15) is 14.9 Å². The first-order chi connectivity index (χ1) is 9.88. The summed E-state index contributed by atoms with van der Waals surface area (Å²) in [5.41, 5.74) is 2.94. The topological polar surface area (TPSA) is 92.5 Å². The lowest BCUT2D eigenvalue weighted by Gasteiger charge is -2.11. The second kappa shape index (κ2) is 5.62. The standard InChI is InChI=1S/C15H14N2O4/c1-9-3-4-11(8-13(9)15(18)19)16-14-6-5-12(17(20)21)7-10(14)2/h3-8,16H,1-2H3,(H,18,19). The molecule has 0 heterocycles. The van der Waals surface area contributed by atoms with E-state index in [1.54, 1.807) is 38.1 Å². The summed E-state index contributed by atoms with van der Waals surface area (Å²) in [6.07, 6.45) is 0. The van der Waals surface area contributed by atoms with E-state index in [-0.39, 0.29) is 11.3 Å². The van der Waals surface area contributed by atoms with Crippen LogP contribution in [0.5, 0.6) is 0 Å². The second-order valence-corrected chi connectivity index (χ2v) is 4.72. The summed E-state index contributed by atoms with van der Waals surface area (Å²) in [4.78, 5) is 21.4. The van der Waals surface area contributed by atoms with Gasteiger partial charge < -0.3 is 10.4 Å². The summed E-state index contributed by atoms with van der Waals surface area (Å²) in [5, 5.41) is 22.9. The van der Waals surface area contributed by atoms with E-state index in [1.807, 2.05) is 0 Å². The van der Waals surface area contributed by atoms with E-state index in [0.717, 1.165) is 0 Å². The molecule has 2 aromatic carbocycles. The van der Waals surface area contributed by atoms with Gasteiger partial charge in [0.05, 0.1) is 10.5 Å². The first-order valence-corrected chi connectivity index (χ1v) is 6.24. The van der Waals surface area contributed by atoms with E-state index in [0.29, 0.717) is 22.5 Å². The Kier molecular flexibility index (Phi) is 3.89. The molecule has 0 aliphatic rings. The molecule has 0 aromatic heterocycles. The molecule has 0 bridgehead atoms. The van der Waals surface area contributed by atoms with Gasteiger partial charge in [-0.15, -0.1) is 0 Å². The van der Waals surface area contributed by atoms with Gasteiger partial charge in [-0.05, 0) is 43.2 Å². The summed E-state index contributed by atoms with van der Waals surface area (Å²) in [6.45, 7) is 3.48. The van der Waals surface area contributed by atoms with Crippen molar-refractivity contribution in [1.29, 1.82) is 0 Å². The van der Waals surface area contributed by atoms with E-state index in [1.165, 1.54) is 12.1 Å². The predicted octanol–water partition coefficient (Wildman–Crippen LogP) is 3.65. The molecule has 6 heteroatoms. The number of aromatic carboxylic acids is 1. The molecule has 0 saturated carbocycles. The van der Waals surface area contributed by atoms with E-state index in [2.05, 4.69) is 5.32 Å². The third kappa shape index (κ3) is 3.17. The lowest BCUT2D eigenvalue weighted by Crippen LogP contribution is -2.01. The van der Waals surface area contributed by atoms with Gasteiger partial charge in [0.15, 0.2) is 0 Å². The Labute approximate surface area is 121 Å². The number of aryl methyl sites for hydroxylation is 2. The number of anilines is 2. The Morgan fingerprint density at radius 1 is 1.14 bits per heavy atom. The maximum absolute atomic E-state index is 11.1. The molecule has 0 aliphatic carbocycles. The number of nitro benzene ring substituents is 1. The second-order valence-electron chi connectivity index (χ2n) is 4.72. The third-order valence-corrected chi connectivity index (χ3v) is 3.17. The van der Waals surface area contributed by atoms with Gasteiger partial charge in [-0.3, -0.25) is 10.1 Å². The van der Waals surface area contributed by atoms with Crippen molar-refractivity contribution in [3.63, 3.8) is 0 Å². The van der Waals surface area contributed by atoms with Crippen LogP contribution in [0.4, 0.5) is 17.1 Å².